The molecule has 2 aromatic heterocycles. The summed E-state index contributed by atoms with van der Waals surface area (Å²) in [6.45, 7) is 0. The summed E-state index contributed by atoms with van der Waals surface area (Å²) in [7, 11) is 1.34. The van der Waals surface area contributed by atoms with Crippen molar-refractivity contribution in [2.75, 3.05) is 7.11 Å². The van der Waals surface area contributed by atoms with Gasteiger partial charge in [-0.1, -0.05) is 28.1 Å². The summed E-state index contributed by atoms with van der Waals surface area (Å²) in [5, 5.41) is 0. The summed E-state index contributed by atoms with van der Waals surface area (Å²) < 4.78 is 7.53. The van der Waals surface area contributed by atoms with Crippen molar-refractivity contribution in [3.05, 3.63) is 53.0 Å². The molecule has 0 saturated heterocycles. The number of halogens is 1. The van der Waals surface area contributed by atoms with E-state index < -0.39 is 5.97 Å². The Labute approximate surface area is 123 Å². The molecule has 0 unspecified atom stereocenters. The number of imidazole rings is 1. The minimum absolute atomic E-state index is 0.260. The van der Waals surface area contributed by atoms with E-state index in [-0.39, 0.29) is 5.69 Å². The van der Waals surface area contributed by atoms with Crippen LogP contribution >= 0.6 is 15.9 Å². The second-order valence-corrected chi connectivity index (χ2v) is 5.03. The monoisotopic (exact) mass is 331 g/mol. The second kappa shape index (κ2) is 5.05. The zero-order valence-electron chi connectivity index (χ0n) is 10.6. The number of esters is 1. The zero-order valence-corrected chi connectivity index (χ0v) is 12.2. The molecule has 3 aromatic rings. The van der Waals surface area contributed by atoms with E-state index in [0.29, 0.717) is 11.3 Å². The van der Waals surface area contributed by atoms with E-state index in [0.717, 1.165) is 10.0 Å². The van der Waals surface area contributed by atoms with Crippen molar-refractivity contribution in [2.45, 2.75) is 0 Å². The van der Waals surface area contributed by atoms with Gasteiger partial charge in [-0.25, -0.2) is 9.78 Å². The maximum absolute atomic E-state index is 11.8. The lowest BCUT2D eigenvalue weighted by atomic mass is 10.2. The molecule has 3 rings (SSSR count). The Hall–Kier alpha value is -2.21. The highest BCUT2D eigenvalue weighted by Gasteiger charge is 2.18. The maximum Gasteiger partial charge on any atom is 0.359 e. The zero-order chi connectivity index (χ0) is 14.1. The lowest BCUT2D eigenvalue weighted by molar-refractivity contribution is 0.0597. The molecule has 0 spiro atoms. The fraction of sp³-hybridized carbons (Fsp3) is 0.0714. The van der Waals surface area contributed by atoms with E-state index in [4.69, 9.17) is 4.74 Å². The van der Waals surface area contributed by atoms with Gasteiger partial charge in [-0.3, -0.25) is 9.38 Å². The van der Waals surface area contributed by atoms with Gasteiger partial charge in [0.15, 0.2) is 5.69 Å². The van der Waals surface area contributed by atoms with E-state index in [1.807, 2.05) is 28.7 Å². The number of hydrogen-bond acceptors (Lipinski definition) is 4. The van der Waals surface area contributed by atoms with Crippen LogP contribution in [0, 0.1) is 0 Å². The highest BCUT2D eigenvalue weighted by molar-refractivity contribution is 9.10. The average molecular weight is 332 g/mol. The lowest BCUT2D eigenvalue weighted by Gasteiger charge is -2.01. The molecule has 1 aromatic carbocycles. The van der Waals surface area contributed by atoms with Crippen LogP contribution in [0.15, 0.2) is 47.3 Å². The van der Waals surface area contributed by atoms with E-state index in [1.165, 1.54) is 7.11 Å². The van der Waals surface area contributed by atoms with E-state index in [9.17, 15) is 4.79 Å². The van der Waals surface area contributed by atoms with Gasteiger partial charge >= 0.3 is 5.97 Å². The molecule has 0 aliphatic carbocycles. The van der Waals surface area contributed by atoms with Gasteiger partial charge < -0.3 is 4.74 Å². The van der Waals surface area contributed by atoms with E-state index in [1.54, 1.807) is 18.6 Å². The molecule has 0 N–H and O–H groups in total. The minimum atomic E-state index is -0.475. The number of methoxy groups -OCH3 is 1. The SMILES string of the molecule is COC(=O)c1nc(-c2cccc(Br)c2)n2ccncc12. The van der Waals surface area contributed by atoms with Crippen LogP contribution in [0.5, 0.6) is 0 Å². The van der Waals surface area contributed by atoms with Crippen LogP contribution in [0.25, 0.3) is 16.9 Å². The molecule has 0 bridgehead atoms. The fourth-order valence-electron chi connectivity index (χ4n) is 2.02. The largest absolute Gasteiger partial charge is 0.464 e. The quantitative estimate of drug-likeness (QED) is 0.677. The number of rotatable bonds is 2. The van der Waals surface area contributed by atoms with Crippen LogP contribution in [0.2, 0.25) is 0 Å². The van der Waals surface area contributed by atoms with Gasteiger partial charge in [0.25, 0.3) is 0 Å². The number of nitrogens with zero attached hydrogens (tertiary/aromatic N) is 3. The van der Waals surface area contributed by atoms with Crippen LogP contribution in [0.3, 0.4) is 0 Å². The van der Waals surface area contributed by atoms with Gasteiger partial charge in [-0.15, -0.1) is 0 Å². The third-order valence-corrected chi connectivity index (χ3v) is 3.40. The van der Waals surface area contributed by atoms with Crippen molar-refractivity contribution < 1.29 is 9.53 Å². The van der Waals surface area contributed by atoms with Gasteiger partial charge in [0.2, 0.25) is 0 Å². The molecule has 0 saturated carbocycles. The van der Waals surface area contributed by atoms with Crippen LogP contribution in [-0.2, 0) is 4.74 Å². The molecule has 100 valence electrons. The maximum atomic E-state index is 11.8. The highest BCUT2D eigenvalue weighted by Crippen LogP contribution is 2.25. The first-order valence-corrected chi connectivity index (χ1v) is 6.66. The average Bonchev–Trinajstić information content (AvgIpc) is 2.86. The Bertz CT molecular complexity index is 798. The topological polar surface area (TPSA) is 56.5 Å². The summed E-state index contributed by atoms with van der Waals surface area (Å²) in [5.41, 5.74) is 1.78. The summed E-state index contributed by atoms with van der Waals surface area (Å²) in [5.74, 6) is 0.195. The highest BCUT2D eigenvalue weighted by atomic mass is 79.9. The number of aromatic nitrogens is 3. The Morgan fingerprint density at radius 3 is 3.00 bits per heavy atom. The van der Waals surface area contributed by atoms with Gasteiger partial charge in [0.1, 0.15) is 5.82 Å². The number of carbonyl (C=O) groups excluding carboxylic acids is 1. The molecule has 20 heavy (non-hydrogen) atoms. The molecule has 0 fully saturated rings. The van der Waals surface area contributed by atoms with Crippen LogP contribution < -0.4 is 0 Å². The van der Waals surface area contributed by atoms with Gasteiger partial charge in [-0.2, -0.15) is 0 Å². The van der Waals surface area contributed by atoms with Gasteiger partial charge in [-0.05, 0) is 12.1 Å². The molecule has 5 nitrogen and oxygen atoms in total. The minimum Gasteiger partial charge on any atom is -0.464 e. The predicted molar refractivity (Wildman–Crippen MR) is 77.5 cm³/mol. The van der Waals surface area contributed by atoms with Crippen LogP contribution in [0.1, 0.15) is 10.5 Å². The normalized spacial score (nSPS) is 10.7. The van der Waals surface area contributed by atoms with Gasteiger partial charge in [0.05, 0.1) is 18.8 Å². The van der Waals surface area contributed by atoms with Gasteiger partial charge in [0, 0.05) is 22.4 Å². The Morgan fingerprint density at radius 1 is 1.40 bits per heavy atom. The molecule has 2 heterocycles. The fourth-order valence-corrected chi connectivity index (χ4v) is 2.42. The first-order valence-electron chi connectivity index (χ1n) is 5.87. The van der Waals surface area contributed by atoms with Crippen molar-refractivity contribution in [1.29, 1.82) is 0 Å². The number of carbonyl (C=O) groups is 1. The van der Waals surface area contributed by atoms with E-state index >= 15 is 0 Å². The molecule has 6 heteroatoms. The third-order valence-electron chi connectivity index (χ3n) is 2.91. The van der Waals surface area contributed by atoms with Crippen molar-refractivity contribution in [1.82, 2.24) is 14.4 Å². The van der Waals surface area contributed by atoms with Crippen molar-refractivity contribution in [2.24, 2.45) is 0 Å². The molecule has 0 atom stereocenters. The third kappa shape index (κ3) is 2.08. The molecular formula is C14H10BrN3O2. The lowest BCUT2D eigenvalue weighted by Crippen LogP contribution is -2.02. The van der Waals surface area contributed by atoms with E-state index in [2.05, 4.69) is 25.9 Å². The standard InChI is InChI=1S/C14H10BrN3O2/c1-20-14(19)12-11-8-16-5-6-18(11)13(17-12)9-3-2-4-10(15)7-9/h2-8H,1H3. The first kappa shape index (κ1) is 12.8. The van der Waals surface area contributed by atoms with Crippen molar-refractivity contribution in [3.8, 4) is 11.4 Å². The number of ether oxygens (including phenoxy) is 1. The van der Waals surface area contributed by atoms with Crippen LogP contribution in [-0.4, -0.2) is 27.4 Å². The predicted octanol–water partition coefficient (Wildman–Crippen LogP) is 2.95. The Balaban J connectivity index is 2.29. The summed E-state index contributed by atoms with van der Waals surface area (Å²) in [4.78, 5) is 20.2. The first-order chi connectivity index (χ1) is 9.70. The number of fused-ring (bicyclic) bond motifs is 1. The molecule has 0 aliphatic heterocycles. The number of benzene rings is 1. The Morgan fingerprint density at radius 2 is 2.25 bits per heavy atom. The molecular weight excluding hydrogens is 322 g/mol. The van der Waals surface area contributed by atoms with Crippen LogP contribution in [0.4, 0.5) is 0 Å². The smallest absolute Gasteiger partial charge is 0.359 e. The summed E-state index contributed by atoms with van der Waals surface area (Å²) >= 11 is 3.43. The Kier molecular flexibility index (Phi) is 3.23. The van der Waals surface area contributed by atoms with Crippen molar-refractivity contribution in [3.63, 3.8) is 0 Å². The summed E-state index contributed by atoms with van der Waals surface area (Å²) in [6, 6.07) is 7.72. The summed E-state index contributed by atoms with van der Waals surface area (Å²) in [6.07, 6.45) is 5.02. The molecule has 0 aliphatic rings. The number of hydrogen-bond donors (Lipinski definition) is 0. The molecule has 0 radical (unpaired) electrons. The second-order valence-electron chi connectivity index (χ2n) is 4.12. The van der Waals surface area contributed by atoms with Crippen molar-refractivity contribution >= 4 is 27.4 Å². The molecule has 0 amide bonds.